The summed E-state index contributed by atoms with van der Waals surface area (Å²) in [5.41, 5.74) is 6.02. The van der Waals surface area contributed by atoms with Gasteiger partial charge in [0.05, 0.1) is 0 Å². The fraction of sp³-hybridized carbons (Fsp3) is 0.333. The molecule has 0 aliphatic heterocycles. The summed E-state index contributed by atoms with van der Waals surface area (Å²) in [6, 6.07) is 12.7. The van der Waals surface area contributed by atoms with E-state index in [9.17, 15) is 5.11 Å². The molecule has 0 aliphatic rings. The quantitative estimate of drug-likeness (QED) is 0.835. The molecule has 2 aromatic rings. The van der Waals surface area contributed by atoms with E-state index in [-0.39, 0.29) is 0 Å². The molecule has 0 unspecified atom stereocenters. The average Bonchev–Trinajstić information content (AvgIpc) is 2.46. The molecular formula is C18H22O. The van der Waals surface area contributed by atoms with Crippen molar-refractivity contribution >= 4 is 0 Å². The third-order valence-corrected chi connectivity index (χ3v) is 3.67. The van der Waals surface area contributed by atoms with Gasteiger partial charge in [0.2, 0.25) is 0 Å². The van der Waals surface area contributed by atoms with Gasteiger partial charge in [0.15, 0.2) is 0 Å². The monoisotopic (exact) mass is 254 g/mol. The summed E-state index contributed by atoms with van der Waals surface area (Å²) in [6.07, 6.45) is 2.95. The van der Waals surface area contributed by atoms with Gasteiger partial charge in [0.25, 0.3) is 0 Å². The molecule has 0 atom stereocenters. The van der Waals surface area contributed by atoms with Crippen LogP contribution < -0.4 is 0 Å². The molecule has 1 N–H and O–H groups in total. The Morgan fingerprint density at radius 3 is 1.84 bits per heavy atom. The lowest BCUT2D eigenvalue weighted by Crippen LogP contribution is -1.90. The van der Waals surface area contributed by atoms with Crippen molar-refractivity contribution < 1.29 is 5.11 Å². The molecule has 1 heteroatoms. The summed E-state index contributed by atoms with van der Waals surface area (Å²) in [5, 5.41) is 10.0. The van der Waals surface area contributed by atoms with Gasteiger partial charge in [-0.1, -0.05) is 51.1 Å². The molecule has 0 aromatic heterocycles. The number of hydrogen-bond acceptors (Lipinski definition) is 1. The molecule has 19 heavy (non-hydrogen) atoms. The zero-order valence-corrected chi connectivity index (χ0v) is 12.0. The lowest BCUT2D eigenvalue weighted by Gasteiger charge is -2.10. The van der Waals surface area contributed by atoms with Gasteiger partial charge in [-0.3, -0.25) is 0 Å². The van der Waals surface area contributed by atoms with E-state index in [4.69, 9.17) is 0 Å². The van der Waals surface area contributed by atoms with Crippen molar-refractivity contribution in [2.75, 3.05) is 0 Å². The van der Waals surface area contributed by atoms with Gasteiger partial charge < -0.3 is 5.11 Å². The zero-order chi connectivity index (χ0) is 13.8. The van der Waals surface area contributed by atoms with Crippen LogP contribution in [0.25, 0.3) is 11.1 Å². The van der Waals surface area contributed by atoms with Crippen LogP contribution in [-0.4, -0.2) is 5.11 Å². The minimum Gasteiger partial charge on any atom is -0.508 e. The summed E-state index contributed by atoms with van der Waals surface area (Å²) in [6.45, 7) is 6.41. The number of rotatable bonds is 4. The van der Waals surface area contributed by atoms with Gasteiger partial charge in [0, 0.05) is 0 Å². The molecule has 0 heterocycles. The highest BCUT2D eigenvalue weighted by Crippen LogP contribution is 2.28. The van der Waals surface area contributed by atoms with Crippen LogP contribution in [-0.2, 0) is 19.3 Å². The van der Waals surface area contributed by atoms with Crippen LogP contribution in [0.4, 0.5) is 0 Å². The third-order valence-electron chi connectivity index (χ3n) is 3.67. The van der Waals surface area contributed by atoms with E-state index in [1.807, 2.05) is 12.1 Å². The summed E-state index contributed by atoms with van der Waals surface area (Å²) >= 11 is 0. The lowest BCUT2D eigenvalue weighted by molar-refractivity contribution is 0.469. The van der Waals surface area contributed by atoms with Crippen LogP contribution >= 0.6 is 0 Å². The number of aromatic hydroxyl groups is 1. The molecule has 0 amide bonds. The van der Waals surface area contributed by atoms with Crippen molar-refractivity contribution in [3.05, 3.63) is 53.1 Å². The summed E-state index contributed by atoms with van der Waals surface area (Å²) in [5.74, 6) is 0.403. The average molecular weight is 254 g/mol. The number of aryl methyl sites for hydroxylation is 3. The Morgan fingerprint density at radius 1 is 0.737 bits per heavy atom. The van der Waals surface area contributed by atoms with Gasteiger partial charge in [-0.2, -0.15) is 0 Å². The molecule has 2 rings (SSSR count). The maximum atomic E-state index is 10.0. The molecule has 0 bridgehead atoms. The Kier molecular flexibility index (Phi) is 4.26. The van der Waals surface area contributed by atoms with Crippen LogP contribution in [0.3, 0.4) is 0 Å². The highest BCUT2D eigenvalue weighted by molar-refractivity contribution is 5.67. The number of hydrogen-bond donors (Lipinski definition) is 1. The molecule has 0 saturated carbocycles. The normalized spacial score (nSPS) is 10.7. The first-order valence-corrected chi connectivity index (χ1v) is 7.13. The fourth-order valence-corrected chi connectivity index (χ4v) is 2.38. The predicted octanol–water partition coefficient (Wildman–Crippen LogP) is 4.75. The van der Waals surface area contributed by atoms with Crippen molar-refractivity contribution in [3.8, 4) is 16.9 Å². The maximum Gasteiger partial charge on any atom is 0.119 e. The van der Waals surface area contributed by atoms with E-state index in [1.54, 1.807) is 0 Å². The van der Waals surface area contributed by atoms with Crippen LogP contribution in [0.2, 0.25) is 0 Å². The first-order valence-electron chi connectivity index (χ1n) is 7.13. The third kappa shape index (κ3) is 2.98. The zero-order valence-electron chi connectivity index (χ0n) is 12.0. The summed E-state index contributed by atoms with van der Waals surface area (Å²) < 4.78 is 0. The first-order chi connectivity index (χ1) is 9.17. The summed E-state index contributed by atoms with van der Waals surface area (Å²) in [7, 11) is 0. The Labute approximate surface area is 115 Å². The highest BCUT2D eigenvalue weighted by atomic mass is 16.3. The molecule has 1 nitrogen and oxygen atoms in total. The Bertz CT molecular complexity index is 548. The van der Waals surface area contributed by atoms with Crippen molar-refractivity contribution in [3.63, 3.8) is 0 Å². The van der Waals surface area contributed by atoms with Gasteiger partial charge in [-0.25, -0.2) is 0 Å². The first kappa shape index (κ1) is 13.7. The smallest absolute Gasteiger partial charge is 0.119 e. The molecule has 0 aliphatic carbocycles. The van der Waals surface area contributed by atoms with Crippen molar-refractivity contribution in [2.45, 2.75) is 40.0 Å². The Hall–Kier alpha value is -1.76. The number of phenols is 1. The van der Waals surface area contributed by atoms with E-state index in [0.717, 1.165) is 30.4 Å². The molecule has 2 aromatic carbocycles. The van der Waals surface area contributed by atoms with E-state index < -0.39 is 0 Å². The molecule has 0 fully saturated rings. The van der Waals surface area contributed by atoms with Crippen LogP contribution in [0.15, 0.2) is 36.4 Å². The maximum absolute atomic E-state index is 10.0. The second-order valence-electron chi connectivity index (χ2n) is 4.94. The Morgan fingerprint density at radius 2 is 1.37 bits per heavy atom. The molecular weight excluding hydrogens is 232 g/mol. The van der Waals surface area contributed by atoms with Crippen LogP contribution in [0.5, 0.6) is 5.75 Å². The second-order valence-corrected chi connectivity index (χ2v) is 4.94. The minimum absolute atomic E-state index is 0.403. The second kappa shape index (κ2) is 5.92. The SMILES string of the molecule is CCc1cc(CC)cc(-c2ccc(CC)c(O)c2)c1. The lowest BCUT2D eigenvalue weighted by atomic mass is 9.96. The van der Waals surface area contributed by atoms with E-state index in [1.165, 1.54) is 16.7 Å². The highest BCUT2D eigenvalue weighted by Gasteiger charge is 2.05. The number of phenolic OH excluding ortho intramolecular Hbond substituents is 1. The molecule has 0 radical (unpaired) electrons. The number of benzene rings is 2. The minimum atomic E-state index is 0.403. The topological polar surface area (TPSA) is 20.2 Å². The van der Waals surface area contributed by atoms with E-state index in [0.29, 0.717) is 5.75 Å². The van der Waals surface area contributed by atoms with Crippen molar-refractivity contribution in [1.29, 1.82) is 0 Å². The Balaban J connectivity index is 2.48. The standard InChI is InChI=1S/C18H22O/c1-4-13-9-14(5-2)11-17(10-13)16-8-7-15(6-3)18(19)12-16/h7-12,19H,4-6H2,1-3H3. The van der Waals surface area contributed by atoms with E-state index >= 15 is 0 Å². The van der Waals surface area contributed by atoms with Crippen molar-refractivity contribution in [1.82, 2.24) is 0 Å². The largest absolute Gasteiger partial charge is 0.508 e. The van der Waals surface area contributed by atoms with Crippen LogP contribution in [0.1, 0.15) is 37.5 Å². The van der Waals surface area contributed by atoms with E-state index in [2.05, 4.69) is 45.0 Å². The van der Waals surface area contributed by atoms with Gasteiger partial charge in [-0.05, 0) is 53.1 Å². The summed E-state index contributed by atoms with van der Waals surface area (Å²) in [4.78, 5) is 0. The van der Waals surface area contributed by atoms with Crippen molar-refractivity contribution in [2.24, 2.45) is 0 Å². The predicted molar refractivity (Wildman–Crippen MR) is 81.7 cm³/mol. The van der Waals surface area contributed by atoms with Gasteiger partial charge in [-0.15, -0.1) is 0 Å². The fourth-order valence-electron chi connectivity index (χ4n) is 2.38. The van der Waals surface area contributed by atoms with Gasteiger partial charge in [0.1, 0.15) is 5.75 Å². The van der Waals surface area contributed by atoms with Gasteiger partial charge >= 0.3 is 0 Å². The molecule has 0 saturated heterocycles. The molecule has 100 valence electrons. The van der Waals surface area contributed by atoms with Crippen LogP contribution in [0, 0.1) is 0 Å². The molecule has 0 spiro atoms.